The topological polar surface area (TPSA) is 94.6 Å². The second kappa shape index (κ2) is 8.25. The van der Waals surface area contributed by atoms with Crippen molar-refractivity contribution in [2.45, 2.75) is 32.6 Å². The zero-order valence-corrected chi connectivity index (χ0v) is 14.7. The number of rotatable bonds is 6. The van der Waals surface area contributed by atoms with Gasteiger partial charge in [0.2, 0.25) is 5.88 Å². The van der Waals surface area contributed by atoms with E-state index in [2.05, 4.69) is 6.07 Å². The summed E-state index contributed by atoms with van der Waals surface area (Å²) in [4.78, 5) is 12.7. The van der Waals surface area contributed by atoms with E-state index in [1.807, 2.05) is 25.1 Å². The molecule has 1 aliphatic rings. The van der Waals surface area contributed by atoms with E-state index in [4.69, 9.17) is 19.9 Å². The molecule has 1 aromatic rings. The van der Waals surface area contributed by atoms with Crippen LogP contribution in [0.1, 0.15) is 38.2 Å². The van der Waals surface area contributed by atoms with Gasteiger partial charge in [0.25, 0.3) is 0 Å². The smallest absolute Gasteiger partial charge is 0.338 e. The highest BCUT2D eigenvalue weighted by Crippen LogP contribution is 2.43. The van der Waals surface area contributed by atoms with Gasteiger partial charge in [-0.1, -0.05) is 25.1 Å². The quantitative estimate of drug-likeness (QED) is 0.798. The normalized spacial score (nSPS) is 17.0. The second-order valence-corrected chi connectivity index (χ2v) is 5.47. The van der Waals surface area contributed by atoms with Crippen LogP contribution in [0.15, 0.2) is 47.1 Å². The Bertz CT molecular complexity index is 759. The zero-order chi connectivity index (χ0) is 18.4. The van der Waals surface area contributed by atoms with Crippen LogP contribution in [0.4, 0.5) is 0 Å². The van der Waals surface area contributed by atoms with Gasteiger partial charge in [0, 0.05) is 12.0 Å². The Balaban J connectivity index is 2.71. The molecule has 6 nitrogen and oxygen atoms in total. The third kappa shape index (κ3) is 3.61. The van der Waals surface area contributed by atoms with Crippen LogP contribution in [0.5, 0.6) is 5.75 Å². The van der Waals surface area contributed by atoms with Gasteiger partial charge in [-0.3, -0.25) is 0 Å². The molecule has 0 spiro atoms. The van der Waals surface area contributed by atoms with Gasteiger partial charge in [-0.2, -0.15) is 5.26 Å². The number of esters is 1. The van der Waals surface area contributed by atoms with Gasteiger partial charge in [-0.25, -0.2) is 4.79 Å². The number of hydrogen-bond acceptors (Lipinski definition) is 6. The molecule has 1 atom stereocenters. The number of carbonyl (C=O) groups excluding carboxylic acids is 1. The first-order chi connectivity index (χ1) is 12.1. The van der Waals surface area contributed by atoms with Crippen LogP contribution in [-0.2, 0) is 14.3 Å². The van der Waals surface area contributed by atoms with Gasteiger partial charge in [-0.05, 0) is 19.4 Å². The molecule has 132 valence electrons. The van der Waals surface area contributed by atoms with Crippen molar-refractivity contribution < 1.29 is 19.0 Å². The summed E-state index contributed by atoms with van der Waals surface area (Å²) in [5, 5.41) is 9.62. The van der Waals surface area contributed by atoms with Crippen LogP contribution in [0.3, 0.4) is 0 Å². The molecule has 0 saturated carbocycles. The zero-order valence-electron chi connectivity index (χ0n) is 14.7. The fourth-order valence-corrected chi connectivity index (χ4v) is 2.88. The summed E-state index contributed by atoms with van der Waals surface area (Å²) in [6.45, 7) is 3.92. The maximum Gasteiger partial charge on any atom is 0.338 e. The third-order valence-corrected chi connectivity index (χ3v) is 3.92. The Hall–Kier alpha value is -2.94. The predicted molar refractivity (Wildman–Crippen MR) is 92.2 cm³/mol. The number of nitrogens with two attached hydrogens (primary N) is 1. The van der Waals surface area contributed by atoms with Crippen molar-refractivity contribution in [1.29, 1.82) is 5.26 Å². The van der Waals surface area contributed by atoms with Gasteiger partial charge in [0.15, 0.2) is 0 Å². The van der Waals surface area contributed by atoms with Crippen LogP contribution >= 0.6 is 0 Å². The monoisotopic (exact) mass is 342 g/mol. The van der Waals surface area contributed by atoms with Crippen molar-refractivity contribution in [3.05, 3.63) is 52.6 Å². The maximum absolute atomic E-state index is 12.7. The van der Waals surface area contributed by atoms with E-state index in [0.717, 1.165) is 6.42 Å². The summed E-state index contributed by atoms with van der Waals surface area (Å²) < 4.78 is 16.3. The summed E-state index contributed by atoms with van der Waals surface area (Å²) in [5.74, 6) is -0.187. The molecule has 1 heterocycles. The van der Waals surface area contributed by atoms with Crippen LogP contribution in [-0.4, -0.2) is 19.7 Å². The first kappa shape index (κ1) is 18.4. The molecular formula is C19H22N2O4. The Kier molecular flexibility index (Phi) is 6.07. The Labute approximate surface area is 147 Å². The van der Waals surface area contributed by atoms with E-state index in [1.54, 1.807) is 13.0 Å². The van der Waals surface area contributed by atoms with E-state index in [-0.39, 0.29) is 18.1 Å². The SMILES string of the molecule is CCCC1=C(C(=O)OCC)C(c2ccccc2OC)C(C#N)=C(N)O1. The molecular weight excluding hydrogens is 320 g/mol. The number of methoxy groups -OCH3 is 1. The molecule has 0 saturated heterocycles. The van der Waals surface area contributed by atoms with Crippen LogP contribution in [0, 0.1) is 11.3 Å². The average molecular weight is 342 g/mol. The number of para-hydroxylation sites is 1. The van der Waals surface area contributed by atoms with Gasteiger partial charge in [0.05, 0.1) is 25.2 Å². The lowest BCUT2D eigenvalue weighted by molar-refractivity contribution is -0.139. The number of nitriles is 1. The minimum Gasteiger partial charge on any atom is -0.496 e. The molecule has 0 aliphatic carbocycles. The third-order valence-electron chi connectivity index (χ3n) is 3.92. The first-order valence-electron chi connectivity index (χ1n) is 8.19. The van der Waals surface area contributed by atoms with Crippen molar-refractivity contribution >= 4 is 5.97 Å². The van der Waals surface area contributed by atoms with E-state index < -0.39 is 11.9 Å². The summed E-state index contributed by atoms with van der Waals surface area (Å²) in [5.41, 5.74) is 7.12. The molecule has 25 heavy (non-hydrogen) atoms. The van der Waals surface area contributed by atoms with Crippen molar-refractivity contribution in [2.75, 3.05) is 13.7 Å². The molecule has 0 bridgehead atoms. The molecule has 0 radical (unpaired) electrons. The fourth-order valence-electron chi connectivity index (χ4n) is 2.88. The lowest BCUT2D eigenvalue weighted by Gasteiger charge is -2.28. The van der Waals surface area contributed by atoms with Gasteiger partial charge in [0.1, 0.15) is 23.2 Å². The number of nitrogens with zero attached hydrogens (tertiary/aromatic N) is 1. The Morgan fingerprint density at radius 2 is 2.08 bits per heavy atom. The van der Waals surface area contributed by atoms with E-state index in [9.17, 15) is 10.1 Å². The number of ether oxygens (including phenoxy) is 3. The minimum atomic E-state index is -0.685. The molecule has 1 unspecified atom stereocenters. The Morgan fingerprint density at radius 3 is 2.68 bits per heavy atom. The van der Waals surface area contributed by atoms with Crippen LogP contribution < -0.4 is 10.5 Å². The number of allylic oxidation sites excluding steroid dienone is 2. The van der Waals surface area contributed by atoms with E-state index in [1.165, 1.54) is 7.11 Å². The largest absolute Gasteiger partial charge is 0.496 e. The maximum atomic E-state index is 12.7. The summed E-state index contributed by atoms with van der Waals surface area (Å²) in [6, 6.07) is 9.30. The second-order valence-electron chi connectivity index (χ2n) is 5.47. The van der Waals surface area contributed by atoms with Crippen molar-refractivity contribution in [2.24, 2.45) is 5.73 Å². The van der Waals surface area contributed by atoms with E-state index >= 15 is 0 Å². The molecule has 6 heteroatoms. The fraction of sp³-hybridized carbons (Fsp3) is 0.368. The predicted octanol–water partition coefficient (Wildman–Crippen LogP) is 3.12. The Morgan fingerprint density at radius 1 is 1.36 bits per heavy atom. The molecule has 1 aromatic carbocycles. The minimum absolute atomic E-state index is 0.00917. The molecule has 2 rings (SSSR count). The molecule has 0 aromatic heterocycles. The molecule has 2 N–H and O–H groups in total. The summed E-state index contributed by atoms with van der Waals surface area (Å²) in [6.07, 6.45) is 1.27. The standard InChI is InChI=1S/C19H22N2O4/c1-4-8-15-17(19(22)24-5-2)16(13(11-20)18(21)25-15)12-9-6-7-10-14(12)23-3/h6-7,9-10,16H,4-5,8,21H2,1-3H3. The van der Waals surface area contributed by atoms with E-state index in [0.29, 0.717) is 29.1 Å². The molecule has 0 fully saturated rings. The van der Waals surface area contributed by atoms with Crippen LogP contribution in [0.2, 0.25) is 0 Å². The number of hydrogen-bond donors (Lipinski definition) is 1. The van der Waals surface area contributed by atoms with Crippen LogP contribution in [0.25, 0.3) is 0 Å². The molecule has 1 aliphatic heterocycles. The van der Waals surface area contributed by atoms with Crippen molar-refractivity contribution in [3.8, 4) is 11.8 Å². The summed E-state index contributed by atoms with van der Waals surface area (Å²) >= 11 is 0. The summed E-state index contributed by atoms with van der Waals surface area (Å²) in [7, 11) is 1.54. The number of benzene rings is 1. The highest BCUT2D eigenvalue weighted by molar-refractivity contribution is 5.93. The lowest BCUT2D eigenvalue weighted by atomic mass is 9.82. The lowest BCUT2D eigenvalue weighted by Crippen LogP contribution is -2.26. The van der Waals surface area contributed by atoms with Gasteiger partial charge in [-0.15, -0.1) is 0 Å². The molecule has 0 amide bonds. The van der Waals surface area contributed by atoms with Crippen molar-refractivity contribution in [3.63, 3.8) is 0 Å². The highest BCUT2D eigenvalue weighted by Gasteiger charge is 2.38. The highest BCUT2D eigenvalue weighted by atomic mass is 16.5. The first-order valence-corrected chi connectivity index (χ1v) is 8.19. The average Bonchev–Trinajstić information content (AvgIpc) is 2.61. The van der Waals surface area contributed by atoms with Gasteiger partial charge < -0.3 is 19.9 Å². The van der Waals surface area contributed by atoms with Crippen molar-refractivity contribution in [1.82, 2.24) is 0 Å². The number of carbonyl (C=O) groups is 1. The van der Waals surface area contributed by atoms with Gasteiger partial charge >= 0.3 is 5.97 Å².